The number of carbonyl (C=O) groups excluding carboxylic acids is 1. The number of fused-ring (bicyclic) bond motifs is 4. The largest absolute Gasteiger partial charge is 0.383 e. The van der Waals surface area contributed by atoms with Gasteiger partial charge in [-0.15, -0.1) is 0 Å². The van der Waals surface area contributed by atoms with E-state index in [1.54, 1.807) is 12.1 Å². The molecule has 158 valence electrons. The van der Waals surface area contributed by atoms with Crippen molar-refractivity contribution in [3.8, 4) is 0 Å². The predicted molar refractivity (Wildman–Crippen MR) is 113 cm³/mol. The zero-order valence-corrected chi connectivity index (χ0v) is 17.3. The normalized spacial score (nSPS) is 28.8. The van der Waals surface area contributed by atoms with E-state index in [1.165, 1.54) is 17.7 Å². The maximum absolute atomic E-state index is 13.6. The summed E-state index contributed by atoms with van der Waals surface area (Å²) >= 11 is 0. The predicted octanol–water partition coefficient (Wildman–Crippen LogP) is 3.54. The van der Waals surface area contributed by atoms with Gasteiger partial charge in [0.2, 0.25) is 0 Å². The van der Waals surface area contributed by atoms with Crippen LogP contribution < -0.4 is 0 Å². The maximum Gasteiger partial charge on any atom is 0.252 e. The van der Waals surface area contributed by atoms with Gasteiger partial charge in [0.15, 0.2) is 0 Å². The smallest absolute Gasteiger partial charge is 0.252 e. The van der Waals surface area contributed by atoms with Crippen molar-refractivity contribution in [2.45, 2.75) is 44.2 Å². The number of benzene rings is 2. The summed E-state index contributed by atoms with van der Waals surface area (Å²) < 4.78 is 13.6. The van der Waals surface area contributed by atoms with Gasteiger partial charge in [-0.05, 0) is 86.0 Å². The lowest BCUT2D eigenvalue weighted by atomic mass is 9.68. The van der Waals surface area contributed by atoms with Crippen LogP contribution in [0.15, 0.2) is 48.5 Å². The van der Waals surface area contributed by atoms with E-state index in [2.05, 4.69) is 11.0 Å². The van der Waals surface area contributed by atoms with Crippen molar-refractivity contribution in [2.24, 2.45) is 5.41 Å². The summed E-state index contributed by atoms with van der Waals surface area (Å²) in [5.74, 6) is -0.482. The van der Waals surface area contributed by atoms with E-state index in [0.29, 0.717) is 13.0 Å². The molecular formula is C25H29FN2O2. The molecule has 6 rings (SSSR count). The van der Waals surface area contributed by atoms with Crippen LogP contribution in [0.25, 0.3) is 0 Å². The molecule has 0 saturated carbocycles. The fraction of sp³-hybridized carbons (Fsp3) is 0.480. The first-order valence-corrected chi connectivity index (χ1v) is 11.1. The highest BCUT2D eigenvalue weighted by atomic mass is 19.1. The van der Waals surface area contributed by atoms with Gasteiger partial charge >= 0.3 is 0 Å². The molecule has 0 unspecified atom stereocenters. The van der Waals surface area contributed by atoms with Crippen LogP contribution in [-0.2, 0) is 11.2 Å². The van der Waals surface area contributed by atoms with Crippen molar-refractivity contribution in [1.29, 1.82) is 0 Å². The lowest BCUT2D eigenvalue weighted by Gasteiger charge is -2.49. The topological polar surface area (TPSA) is 43.8 Å². The number of hydrogen-bond donors (Lipinski definition) is 1. The number of aliphatic hydroxyl groups excluding tert-OH is 1. The molecule has 4 aliphatic heterocycles. The summed E-state index contributed by atoms with van der Waals surface area (Å²) in [7, 11) is 0. The Balaban J connectivity index is 1.42. The molecule has 2 bridgehead atoms. The van der Waals surface area contributed by atoms with E-state index in [1.807, 2.05) is 23.1 Å². The Morgan fingerprint density at radius 1 is 1.03 bits per heavy atom. The first-order chi connectivity index (χ1) is 14.5. The van der Waals surface area contributed by atoms with Crippen molar-refractivity contribution in [3.05, 3.63) is 71.0 Å². The number of piperidine rings is 3. The Kier molecular flexibility index (Phi) is 5.11. The minimum atomic E-state index is -0.983. The third-order valence-corrected chi connectivity index (χ3v) is 7.54. The number of amides is 1. The van der Waals surface area contributed by atoms with Gasteiger partial charge in [-0.1, -0.05) is 36.4 Å². The fourth-order valence-electron chi connectivity index (χ4n) is 5.70. The second kappa shape index (κ2) is 7.78. The molecule has 1 N–H and O–H groups in total. The Hall–Kier alpha value is -2.24. The summed E-state index contributed by atoms with van der Waals surface area (Å²) in [5.41, 5.74) is 3.26. The van der Waals surface area contributed by atoms with Crippen molar-refractivity contribution >= 4 is 5.91 Å². The molecule has 0 spiro atoms. The second-order valence-electron chi connectivity index (χ2n) is 9.25. The number of aliphatic hydroxyl groups is 1. The van der Waals surface area contributed by atoms with Gasteiger partial charge in [0, 0.05) is 6.54 Å². The van der Waals surface area contributed by atoms with Crippen LogP contribution in [0.2, 0.25) is 0 Å². The van der Waals surface area contributed by atoms with Crippen LogP contribution in [0.1, 0.15) is 48.4 Å². The third kappa shape index (κ3) is 3.54. The van der Waals surface area contributed by atoms with Gasteiger partial charge in [0.1, 0.15) is 11.9 Å². The van der Waals surface area contributed by atoms with Crippen molar-refractivity contribution < 1.29 is 14.3 Å². The highest BCUT2D eigenvalue weighted by Gasteiger charge is 2.43. The van der Waals surface area contributed by atoms with Crippen molar-refractivity contribution in [3.63, 3.8) is 0 Å². The molecule has 3 saturated heterocycles. The van der Waals surface area contributed by atoms with Crippen LogP contribution in [0.5, 0.6) is 0 Å². The lowest BCUT2D eigenvalue weighted by molar-refractivity contribution is -0.145. The zero-order valence-electron chi connectivity index (χ0n) is 17.3. The Labute approximate surface area is 177 Å². The minimum Gasteiger partial charge on any atom is -0.383 e. The molecule has 4 nitrogen and oxygen atoms in total. The van der Waals surface area contributed by atoms with Gasteiger partial charge in [0.25, 0.3) is 5.91 Å². The molecule has 2 aromatic rings. The van der Waals surface area contributed by atoms with Gasteiger partial charge in [-0.2, -0.15) is 0 Å². The zero-order chi connectivity index (χ0) is 20.7. The lowest BCUT2D eigenvalue weighted by Crippen LogP contribution is -2.52. The molecule has 5 heteroatoms. The monoisotopic (exact) mass is 408 g/mol. The van der Waals surface area contributed by atoms with Gasteiger partial charge in [0.05, 0.1) is 6.04 Å². The molecule has 4 aliphatic rings. The van der Waals surface area contributed by atoms with Crippen LogP contribution in [-0.4, -0.2) is 53.1 Å². The van der Waals surface area contributed by atoms with Crippen LogP contribution in [0.4, 0.5) is 4.39 Å². The maximum atomic E-state index is 13.6. The highest BCUT2D eigenvalue weighted by molar-refractivity contribution is 5.82. The number of carbonyl (C=O) groups is 1. The average Bonchev–Trinajstić information content (AvgIpc) is 2.79. The first-order valence-electron chi connectivity index (χ1n) is 11.1. The molecule has 0 radical (unpaired) electrons. The Morgan fingerprint density at radius 3 is 2.40 bits per heavy atom. The van der Waals surface area contributed by atoms with Crippen molar-refractivity contribution in [2.75, 3.05) is 26.2 Å². The van der Waals surface area contributed by atoms with E-state index in [4.69, 9.17) is 0 Å². The third-order valence-electron chi connectivity index (χ3n) is 7.54. The number of rotatable bonds is 4. The van der Waals surface area contributed by atoms with E-state index in [9.17, 15) is 14.3 Å². The molecule has 4 heterocycles. The molecule has 0 aromatic heterocycles. The van der Waals surface area contributed by atoms with E-state index >= 15 is 0 Å². The Morgan fingerprint density at radius 2 is 1.70 bits per heavy atom. The molecule has 0 aliphatic carbocycles. The standard InChI is InChI=1S/C25H29FN2O2/c26-20-7-5-19(6-8-20)23-21-4-2-1-3-18(21)9-13-28(23)24(30)22(29)17-25-10-14-27(15-11-25)16-12-25/h1-8,22-23,29H,9-17H2/t22-,23+/m1/s1. The van der Waals surface area contributed by atoms with E-state index < -0.39 is 6.10 Å². The summed E-state index contributed by atoms with van der Waals surface area (Å²) in [6.45, 7) is 3.80. The summed E-state index contributed by atoms with van der Waals surface area (Å²) in [6.07, 6.45) is 3.55. The van der Waals surface area contributed by atoms with Crippen LogP contribution in [0.3, 0.4) is 0 Å². The van der Waals surface area contributed by atoms with Gasteiger partial charge < -0.3 is 14.9 Å². The first kappa shape index (κ1) is 19.7. The van der Waals surface area contributed by atoms with E-state index in [0.717, 1.165) is 56.4 Å². The highest BCUT2D eigenvalue weighted by Crippen LogP contribution is 2.44. The minimum absolute atomic E-state index is 0.100. The van der Waals surface area contributed by atoms with Gasteiger partial charge in [-0.25, -0.2) is 4.39 Å². The SMILES string of the molecule is O=C([C@H](O)CC12CCN(CC1)CC2)N1CCc2ccccc2[C@@H]1c1ccc(F)cc1. The second-order valence-corrected chi connectivity index (χ2v) is 9.25. The molecular weight excluding hydrogens is 379 g/mol. The molecule has 2 aromatic carbocycles. The summed E-state index contributed by atoms with van der Waals surface area (Å²) in [5, 5.41) is 11.0. The van der Waals surface area contributed by atoms with Crippen LogP contribution in [0, 0.1) is 11.2 Å². The quantitative estimate of drug-likeness (QED) is 0.842. The van der Waals surface area contributed by atoms with Crippen LogP contribution >= 0.6 is 0 Å². The number of halogens is 1. The average molecular weight is 409 g/mol. The summed E-state index contributed by atoms with van der Waals surface area (Å²) in [6, 6.07) is 14.2. The van der Waals surface area contributed by atoms with E-state index in [-0.39, 0.29) is 23.2 Å². The Bertz CT molecular complexity index is 907. The number of hydrogen-bond acceptors (Lipinski definition) is 3. The number of nitrogens with zero attached hydrogens (tertiary/aromatic N) is 2. The van der Waals surface area contributed by atoms with Gasteiger partial charge in [-0.3, -0.25) is 4.79 Å². The molecule has 30 heavy (non-hydrogen) atoms. The van der Waals surface area contributed by atoms with Crippen molar-refractivity contribution in [1.82, 2.24) is 9.80 Å². The molecule has 3 fully saturated rings. The summed E-state index contributed by atoms with van der Waals surface area (Å²) in [4.78, 5) is 17.8. The molecule has 1 amide bonds. The molecule has 2 atom stereocenters. The fourth-order valence-corrected chi connectivity index (χ4v) is 5.70.